The SMILES string of the molecule is CC.N#Cc1ccc(/C(=N\Nc2ccccc2)C(=O)O)cc1. The maximum absolute atomic E-state index is 11.2. The van der Waals surface area contributed by atoms with Gasteiger partial charge in [-0.15, -0.1) is 0 Å². The fourth-order valence-electron chi connectivity index (χ4n) is 1.57. The number of hydrogen-bond acceptors (Lipinski definition) is 4. The van der Waals surface area contributed by atoms with Crippen LogP contribution in [-0.2, 0) is 4.79 Å². The monoisotopic (exact) mass is 295 g/mol. The number of rotatable bonds is 4. The van der Waals surface area contributed by atoms with Gasteiger partial charge in [-0.25, -0.2) is 4.79 Å². The zero-order valence-corrected chi connectivity index (χ0v) is 12.4. The zero-order chi connectivity index (χ0) is 16.4. The summed E-state index contributed by atoms with van der Waals surface area (Å²) in [5, 5.41) is 21.8. The molecule has 0 fully saturated rings. The Hall–Kier alpha value is -3.13. The smallest absolute Gasteiger partial charge is 0.356 e. The van der Waals surface area contributed by atoms with Gasteiger partial charge in [0.25, 0.3) is 0 Å². The van der Waals surface area contributed by atoms with Crippen LogP contribution in [0.1, 0.15) is 25.0 Å². The number of para-hydroxylation sites is 1. The van der Waals surface area contributed by atoms with Crippen LogP contribution in [0.15, 0.2) is 59.7 Å². The Bertz CT molecular complexity index is 671. The van der Waals surface area contributed by atoms with Gasteiger partial charge in [-0.3, -0.25) is 5.43 Å². The Labute approximate surface area is 129 Å². The molecule has 0 bridgehead atoms. The molecule has 22 heavy (non-hydrogen) atoms. The molecule has 0 spiro atoms. The molecule has 0 radical (unpaired) electrons. The van der Waals surface area contributed by atoms with Crippen molar-refractivity contribution in [3.05, 3.63) is 65.7 Å². The quantitative estimate of drug-likeness (QED) is 0.668. The van der Waals surface area contributed by atoms with E-state index in [0.29, 0.717) is 16.8 Å². The highest BCUT2D eigenvalue weighted by Crippen LogP contribution is 2.08. The second-order valence-electron chi connectivity index (χ2n) is 3.93. The van der Waals surface area contributed by atoms with Crippen LogP contribution in [0.2, 0.25) is 0 Å². The number of nitrogens with one attached hydrogen (secondary N) is 1. The number of carbonyl (C=O) groups is 1. The van der Waals surface area contributed by atoms with Crippen molar-refractivity contribution in [2.24, 2.45) is 5.10 Å². The Kier molecular flexibility index (Phi) is 6.87. The molecule has 0 heterocycles. The second-order valence-corrected chi connectivity index (χ2v) is 3.93. The molecule has 0 aliphatic rings. The molecule has 0 saturated heterocycles. The van der Waals surface area contributed by atoms with Gasteiger partial charge >= 0.3 is 5.97 Å². The molecule has 112 valence electrons. The summed E-state index contributed by atoms with van der Waals surface area (Å²) < 4.78 is 0. The van der Waals surface area contributed by atoms with E-state index in [4.69, 9.17) is 5.26 Å². The first kappa shape index (κ1) is 16.9. The fourth-order valence-corrected chi connectivity index (χ4v) is 1.57. The summed E-state index contributed by atoms with van der Waals surface area (Å²) in [6, 6.07) is 17.2. The average Bonchev–Trinajstić information content (AvgIpc) is 2.58. The van der Waals surface area contributed by atoms with Gasteiger partial charge < -0.3 is 5.11 Å². The molecule has 0 unspecified atom stereocenters. The zero-order valence-electron chi connectivity index (χ0n) is 12.4. The molecule has 5 nitrogen and oxygen atoms in total. The molecule has 2 aromatic rings. The Balaban J connectivity index is 0.00000116. The lowest BCUT2D eigenvalue weighted by atomic mass is 10.1. The third-order valence-corrected chi connectivity index (χ3v) is 2.56. The number of hydrogen-bond donors (Lipinski definition) is 2. The maximum atomic E-state index is 11.2. The van der Waals surface area contributed by atoms with Gasteiger partial charge in [0.05, 0.1) is 17.3 Å². The predicted molar refractivity (Wildman–Crippen MR) is 86.7 cm³/mol. The molecule has 2 rings (SSSR count). The lowest BCUT2D eigenvalue weighted by Crippen LogP contribution is -2.16. The fraction of sp³-hybridized carbons (Fsp3) is 0.118. The predicted octanol–water partition coefficient (Wildman–Crippen LogP) is 3.49. The van der Waals surface area contributed by atoms with Crippen molar-refractivity contribution in [3.8, 4) is 6.07 Å². The minimum Gasteiger partial charge on any atom is -0.476 e. The van der Waals surface area contributed by atoms with Gasteiger partial charge in [-0.05, 0) is 24.3 Å². The highest BCUT2D eigenvalue weighted by atomic mass is 16.4. The number of nitriles is 1. The molecule has 5 heteroatoms. The van der Waals surface area contributed by atoms with E-state index in [9.17, 15) is 9.90 Å². The van der Waals surface area contributed by atoms with E-state index in [1.165, 1.54) is 0 Å². The highest BCUT2D eigenvalue weighted by Gasteiger charge is 2.12. The first-order valence-electron chi connectivity index (χ1n) is 6.83. The Morgan fingerprint density at radius 1 is 1.09 bits per heavy atom. The molecule has 2 aromatic carbocycles. The first-order valence-corrected chi connectivity index (χ1v) is 6.83. The molecule has 0 aromatic heterocycles. The Morgan fingerprint density at radius 2 is 1.68 bits per heavy atom. The minimum absolute atomic E-state index is 0.113. The van der Waals surface area contributed by atoms with E-state index in [1.807, 2.05) is 38.1 Å². The highest BCUT2D eigenvalue weighted by molar-refractivity contribution is 6.42. The summed E-state index contributed by atoms with van der Waals surface area (Å²) >= 11 is 0. The number of nitrogens with zero attached hydrogens (tertiary/aromatic N) is 2. The number of benzene rings is 2. The van der Waals surface area contributed by atoms with E-state index in [0.717, 1.165) is 0 Å². The van der Waals surface area contributed by atoms with Crippen molar-refractivity contribution in [2.45, 2.75) is 13.8 Å². The van der Waals surface area contributed by atoms with Crippen molar-refractivity contribution in [2.75, 3.05) is 5.43 Å². The van der Waals surface area contributed by atoms with Crippen LogP contribution in [-0.4, -0.2) is 16.8 Å². The molecular weight excluding hydrogens is 278 g/mol. The minimum atomic E-state index is -1.14. The molecular formula is C17H17N3O2. The van der Waals surface area contributed by atoms with Gasteiger partial charge in [0.15, 0.2) is 5.71 Å². The van der Waals surface area contributed by atoms with E-state index >= 15 is 0 Å². The normalized spacial score (nSPS) is 9.95. The van der Waals surface area contributed by atoms with Crippen LogP contribution in [0.5, 0.6) is 0 Å². The number of carboxylic acids is 1. The van der Waals surface area contributed by atoms with Crippen LogP contribution in [0.3, 0.4) is 0 Å². The first-order chi connectivity index (χ1) is 10.7. The summed E-state index contributed by atoms with van der Waals surface area (Å²) in [5.74, 6) is -1.14. The second kappa shape index (κ2) is 8.93. The summed E-state index contributed by atoms with van der Waals surface area (Å²) in [5.41, 5.74) is 4.17. The van der Waals surface area contributed by atoms with Crippen molar-refractivity contribution >= 4 is 17.4 Å². The maximum Gasteiger partial charge on any atom is 0.356 e. The van der Waals surface area contributed by atoms with Crippen LogP contribution >= 0.6 is 0 Å². The molecule has 0 aliphatic carbocycles. The van der Waals surface area contributed by atoms with Gasteiger partial charge in [0.2, 0.25) is 0 Å². The summed E-state index contributed by atoms with van der Waals surface area (Å²) in [7, 11) is 0. The van der Waals surface area contributed by atoms with Crippen molar-refractivity contribution in [3.63, 3.8) is 0 Å². The van der Waals surface area contributed by atoms with Crippen LogP contribution < -0.4 is 5.43 Å². The molecule has 2 N–H and O–H groups in total. The van der Waals surface area contributed by atoms with Crippen molar-refractivity contribution < 1.29 is 9.90 Å². The third-order valence-electron chi connectivity index (χ3n) is 2.56. The van der Waals surface area contributed by atoms with E-state index in [1.54, 1.807) is 36.4 Å². The molecule has 0 amide bonds. The number of hydrazone groups is 1. The molecule has 0 aliphatic heterocycles. The summed E-state index contributed by atoms with van der Waals surface area (Å²) in [4.78, 5) is 11.2. The van der Waals surface area contributed by atoms with E-state index in [2.05, 4.69) is 10.5 Å². The van der Waals surface area contributed by atoms with Crippen molar-refractivity contribution in [1.82, 2.24) is 0 Å². The van der Waals surface area contributed by atoms with E-state index < -0.39 is 5.97 Å². The topological polar surface area (TPSA) is 85.5 Å². The number of carboxylic acid groups (broad SMARTS) is 1. The van der Waals surface area contributed by atoms with Crippen LogP contribution in [0.25, 0.3) is 0 Å². The number of aliphatic carboxylic acids is 1. The lowest BCUT2D eigenvalue weighted by Gasteiger charge is -2.04. The van der Waals surface area contributed by atoms with Gasteiger partial charge in [-0.1, -0.05) is 44.2 Å². The molecule has 0 atom stereocenters. The van der Waals surface area contributed by atoms with Gasteiger partial charge in [0.1, 0.15) is 0 Å². The average molecular weight is 295 g/mol. The van der Waals surface area contributed by atoms with Crippen molar-refractivity contribution in [1.29, 1.82) is 5.26 Å². The van der Waals surface area contributed by atoms with Gasteiger partial charge in [-0.2, -0.15) is 10.4 Å². The third kappa shape index (κ3) is 4.76. The Morgan fingerprint density at radius 3 is 2.18 bits per heavy atom. The van der Waals surface area contributed by atoms with E-state index in [-0.39, 0.29) is 5.71 Å². The summed E-state index contributed by atoms with van der Waals surface area (Å²) in [6.45, 7) is 4.00. The standard InChI is InChI=1S/C15H11N3O2.C2H6/c16-10-11-6-8-12(9-7-11)14(15(19)20)18-17-13-4-2-1-3-5-13;1-2/h1-9,17H,(H,19,20);1-2H3/b18-14+;. The van der Waals surface area contributed by atoms with Gasteiger partial charge in [0, 0.05) is 5.56 Å². The summed E-state index contributed by atoms with van der Waals surface area (Å²) in [6.07, 6.45) is 0. The molecule has 0 saturated carbocycles. The van der Waals surface area contributed by atoms with Crippen LogP contribution in [0.4, 0.5) is 5.69 Å². The largest absolute Gasteiger partial charge is 0.476 e. The van der Waals surface area contributed by atoms with Crippen LogP contribution in [0, 0.1) is 11.3 Å². The number of anilines is 1. The lowest BCUT2D eigenvalue weighted by molar-refractivity contribution is -0.129.